The molecule has 0 bridgehead atoms. The van der Waals surface area contributed by atoms with E-state index in [4.69, 9.17) is 32.4 Å². The first-order chi connectivity index (χ1) is 10.5. The van der Waals surface area contributed by atoms with Gasteiger partial charge in [0, 0.05) is 22.4 Å². The molecule has 0 saturated carbocycles. The van der Waals surface area contributed by atoms with Gasteiger partial charge in [-0.1, -0.05) is 41.0 Å². The van der Waals surface area contributed by atoms with Crippen molar-refractivity contribution < 1.29 is 9.15 Å². The van der Waals surface area contributed by atoms with Gasteiger partial charge in [-0.05, 0) is 25.1 Å². The van der Waals surface area contributed by atoms with Crippen molar-refractivity contribution in [2.24, 2.45) is 0 Å². The van der Waals surface area contributed by atoms with Gasteiger partial charge in [-0.25, -0.2) is 0 Å². The molecule has 0 atom stereocenters. The van der Waals surface area contributed by atoms with Crippen LogP contribution in [0.5, 0.6) is 5.75 Å². The summed E-state index contributed by atoms with van der Waals surface area (Å²) in [7, 11) is 0. The highest BCUT2D eigenvalue weighted by atomic mass is 35.5. The summed E-state index contributed by atoms with van der Waals surface area (Å²) in [6.07, 6.45) is 1.98. The largest absolute Gasteiger partial charge is 0.487 e. The van der Waals surface area contributed by atoms with E-state index in [-0.39, 0.29) is 12.0 Å². The summed E-state index contributed by atoms with van der Waals surface area (Å²) in [6.45, 7) is 2.02. The van der Waals surface area contributed by atoms with Crippen molar-refractivity contribution in [3.8, 4) is 5.75 Å². The number of thioether (sulfide) groups is 1. The normalized spacial score (nSPS) is 13.5. The topological polar surface area (TPSA) is 39.4 Å². The van der Waals surface area contributed by atoms with Crippen molar-refractivity contribution in [2.45, 2.75) is 12.0 Å². The number of hydrogen-bond donors (Lipinski definition) is 0. The Morgan fingerprint density at radius 1 is 1.32 bits per heavy atom. The molecule has 1 aromatic carbocycles. The van der Waals surface area contributed by atoms with Crippen LogP contribution < -0.4 is 10.2 Å². The van der Waals surface area contributed by atoms with E-state index in [1.54, 1.807) is 25.1 Å². The maximum Gasteiger partial charge on any atom is 0.193 e. The number of benzene rings is 1. The Balaban J connectivity index is 1.85. The van der Waals surface area contributed by atoms with Crippen LogP contribution in [0.4, 0.5) is 0 Å². The molecular weight excluding hydrogens is 343 g/mol. The van der Waals surface area contributed by atoms with Gasteiger partial charge in [0.25, 0.3) is 0 Å². The molecule has 0 N–H and O–H groups in total. The average Bonchev–Trinajstić information content (AvgIpc) is 2.45. The van der Waals surface area contributed by atoms with Gasteiger partial charge in [0.15, 0.2) is 10.5 Å². The average molecular weight is 355 g/mol. The van der Waals surface area contributed by atoms with Crippen molar-refractivity contribution >= 4 is 40.5 Å². The summed E-state index contributed by atoms with van der Waals surface area (Å²) in [5.41, 5.74) is 1.34. The highest BCUT2D eigenvalue weighted by molar-refractivity contribution is 7.99. The summed E-state index contributed by atoms with van der Waals surface area (Å²) >= 11 is 13.5. The molecule has 1 aliphatic heterocycles. The third kappa shape index (κ3) is 3.19. The van der Waals surface area contributed by atoms with E-state index in [2.05, 4.69) is 0 Å². The molecule has 2 heterocycles. The fourth-order valence-corrected chi connectivity index (χ4v) is 3.64. The zero-order chi connectivity index (χ0) is 15.7. The summed E-state index contributed by atoms with van der Waals surface area (Å²) in [5, 5.41) is 1.63. The van der Waals surface area contributed by atoms with Gasteiger partial charge < -0.3 is 9.15 Å². The van der Waals surface area contributed by atoms with Crippen LogP contribution in [-0.2, 0) is 0 Å². The van der Waals surface area contributed by atoms with Crippen molar-refractivity contribution in [2.75, 3.05) is 12.4 Å². The molecule has 0 amide bonds. The van der Waals surface area contributed by atoms with Gasteiger partial charge in [0.1, 0.15) is 18.1 Å². The number of ether oxygens (including phenoxy) is 1. The van der Waals surface area contributed by atoms with Crippen molar-refractivity contribution in [3.63, 3.8) is 0 Å². The quantitative estimate of drug-likeness (QED) is 0.791. The number of halogens is 2. The minimum Gasteiger partial charge on any atom is -0.487 e. The molecule has 6 heteroatoms. The third-order valence-corrected chi connectivity index (χ3v) is 4.59. The molecule has 22 heavy (non-hydrogen) atoms. The number of fused-ring (bicyclic) bond motifs is 1. The predicted molar refractivity (Wildman–Crippen MR) is 90.4 cm³/mol. The maximum atomic E-state index is 12.2. The molecule has 0 radical (unpaired) electrons. The monoisotopic (exact) mass is 354 g/mol. The summed E-state index contributed by atoms with van der Waals surface area (Å²) in [5.74, 6) is 1.88. The number of hydrogen-bond acceptors (Lipinski definition) is 4. The Morgan fingerprint density at radius 3 is 2.91 bits per heavy atom. The fourth-order valence-electron chi connectivity index (χ4n) is 2.17. The van der Waals surface area contributed by atoms with Gasteiger partial charge in [-0.15, -0.1) is 0 Å². The molecule has 0 aliphatic carbocycles. The van der Waals surface area contributed by atoms with E-state index >= 15 is 0 Å². The summed E-state index contributed by atoms with van der Waals surface area (Å²) in [6, 6.07) is 6.53. The highest BCUT2D eigenvalue weighted by Gasteiger charge is 2.20. The summed E-state index contributed by atoms with van der Waals surface area (Å²) < 4.78 is 11.3. The van der Waals surface area contributed by atoms with Crippen LogP contribution in [0, 0.1) is 6.92 Å². The Bertz CT molecular complexity index is 812. The molecule has 2 aromatic rings. The second-order valence-electron chi connectivity index (χ2n) is 4.79. The Morgan fingerprint density at radius 2 is 2.14 bits per heavy atom. The van der Waals surface area contributed by atoms with Crippen molar-refractivity contribution in [1.82, 2.24) is 0 Å². The molecule has 0 spiro atoms. The predicted octanol–water partition coefficient (Wildman–Crippen LogP) is 4.82. The van der Waals surface area contributed by atoms with Crippen LogP contribution in [0.25, 0.3) is 5.57 Å². The van der Waals surface area contributed by atoms with Gasteiger partial charge in [0.2, 0.25) is 0 Å². The van der Waals surface area contributed by atoms with E-state index in [9.17, 15) is 4.79 Å². The van der Waals surface area contributed by atoms with Gasteiger partial charge in [0.05, 0.1) is 10.6 Å². The Hall–Kier alpha value is -1.36. The zero-order valence-corrected chi connectivity index (χ0v) is 14.0. The molecule has 0 saturated heterocycles. The molecule has 1 aromatic heterocycles. The van der Waals surface area contributed by atoms with Crippen LogP contribution >= 0.6 is 35.0 Å². The molecule has 1 aliphatic rings. The first kappa shape index (κ1) is 15.5. The van der Waals surface area contributed by atoms with E-state index in [0.29, 0.717) is 32.2 Å². The van der Waals surface area contributed by atoms with Crippen LogP contribution in [0.2, 0.25) is 10.0 Å². The second-order valence-corrected chi connectivity index (χ2v) is 6.62. The molecule has 3 rings (SSSR count). The van der Waals surface area contributed by atoms with Crippen molar-refractivity contribution in [1.29, 1.82) is 0 Å². The van der Waals surface area contributed by atoms with Gasteiger partial charge >= 0.3 is 0 Å². The Kier molecular flexibility index (Phi) is 4.52. The third-order valence-electron chi connectivity index (χ3n) is 3.18. The number of aryl methyl sites for hydroxylation is 1. The lowest BCUT2D eigenvalue weighted by Gasteiger charge is -2.17. The first-order valence-electron chi connectivity index (χ1n) is 6.59. The van der Waals surface area contributed by atoms with Crippen LogP contribution in [0.15, 0.2) is 44.6 Å². The van der Waals surface area contributed by atoms with E-state index in [0.717, 1.165) is 11.3 Å². The Labute approximate surface area is 141 Å². The first-order valence-corrected chi connectivity index (χ1v) is 8.33. The van der Waals surface area contributed by atoms with E-state index in [1.807, 2.05) is 6.08 Å². The standard InChI is InChI=1S/C16H12Cl2O3S/c1-9-6-13(19)15-10(4-5-22-16(15)21-9)8-20-14-3-2-11(17)7-12(14)18/h2-4,6-7H,5,8H2,1H3. The van der Waals surface area contributed by atoms with Crippen LogP contribution in [0.1, 0.15) is 11.3 Å². The van der Waals surface area contributed by atoms with Crippen LogP contribution in [-0.4, -0.2) is 12.4 Å². The van der Waals surface area contributed by atoms with E-state index in [1.165, 1.54) is 17.8 Å². The molecule has 0 unspecified atom stereocenters. The maximum absolute atomic E-state index is 12.2. The molecule has 0 fully saturated rings. The molecule has 114 valence electrons. The van der Waals surface area contributed by atoms with E-state index < -0.39 is 0 Å². The SMILES string of the molecule is Cc1cc(=O)c2c(o1)SCC=C2COc1ccc(Cl)cc1Cl. The van der Waals surface area contributed by atoms with Gasteiger partial charge in [-0.2, -0.15) is 0 Å². The fraction of sp³-hybridized carbons (Fsp3) is 0.188. The zero-order valence-electron chi connectivity index (χ0n) is 11.7. The minimum absolute atomic E-state index is 0.0528. The second kappa shape index (κ2) is 6.41. The molecular formula is C16H12Cl2O3S. The lowest BCUT2D eigenvalue weighted by molar-refractivity contribution is 0.366. The number of rotatable bonds is 3. The lowest BCUT2D eigenvalue weighted by Crippen LogP contribution is -2.15. The minimum atomic E-state index is -0.0528. The smallest absolute Gasteiger partial charge is 0.193 e. The highest BCUT2D eigenvalue weighted by Crippen LogP contribution is 2.33. The van der Waals surface area contributed by atoms with Crippen molar-refractivity contribution in [3.05, 3.63) is 61.9 Å². The van der Waals surface area contributed by atoms with Crippen LogP contribution in [0.3, 0.4) is 0 Å². The lowest BCUT2D eigenvalue weighted by atomic mass is 10.1. The summed E-state index contributed by atoms with van der Waals surface area (Å²) in [4.78, 5) is 12.2. The van der Waals surface area contributed by atoms with Gasteiger partial charge in [-0.3, -0.25) is 4.79 Å². The molecule has 3 nitrogen and oxygen atoms in total.